The number of fused-ring (bicyclic) bond motifs is 1. The molecule has 156 valence electrons. The van der Waals surface area contributed by atoms with Crippen LogP contribution in [0.5, 0.6) is 0 Å². The minimum Gasteiger partial charge on any atom is -0.367 e. The molecule has 1 atom stereocenters. The summed E-state index contributed by atoms with van der Waals surface area (Å²) in [5.41, 5.74) is 4.89. The fourth-order valence-electron chi connectivity index (χ4n) is 3.78. The molecule has 0 unspecified atom stereocenters. The zero-order valence-electron chi connectivity index (χ0n) is 16.7. The minimum atomic E-state index is -0.400. The van der Waals surface area contributed by atoms with E-state index >= 15 is 0 Å². The van der Waals surface area contributed by atoms with Crippen molar-refractivity contribution in [2.75, 3.05) is 36.4 Å². The topological polar surface area (TPSA) is 56.7 Å². The molecule has 0 saturated carbocycles. The highest BCUT2D eigenvalue weighted by molar-refractivity contribution is 6.21. The van der Waals surface area contributed by atoms with Crippen molar-refractivity contribution in [3.63, 3.8) is 0 Å². The number of benzodiazepines with no additional fused rings is 1. The zero-order valence-corrected chi connectivity index (χ0v) is 18.4. The Kier molecular flexibility index (Phi) is 8.08. The molecule has 0 spiro atoms. The number of rotatable bonds is 3. The summed E-state index contributed by atoms with van der Waals surface area (Å²) in [6.45, 7) is 7.85. The maximum absolute atomic E-state index is 13.0. The molecule has 1 fully saturated rings. The Hall–Kier alpha value is -2.08. The monoisotopic (exact) mass is 434 g/mol. The Morgan fingerprint density at radius 3 is 2.34 bits per heavy atom. The molecule has 1 saturated heterocycles. The highest BCUT2D eigenvalue weighted by Crippen LogP contribution is 2.34. The molecule has 0 radical (unpaired) electrons. The summed E-state index contributed by atoms with van der Waals surface area (Å²) in [4.78, 5) is 20.3. The van der Waals surface area contributed by atoms with Crippen LogP contribution in [0.1, 0.15) is 25.0 Å². The number of hydrogen-bond donors (Lipinski definition) is 2. The van der Waals surface area contributed by atoms with Crippen molar-refractivity contribution in [2.24, 2.45) is 10.9 Å². The quantitative estimate of drug-likeness (QED) is 0.772. The van der Waals surface area contributed by atoms with E-state index in [4.69, 9.17) is 4.99 Å². The van der Waals surface area contributed by atoms with Crippen LogP contribution < -0.4 is 15.5 Å². The predicted octanol–water partition coefficient (Wildman–Crippen LogP) is 3.75. The summed E-state index contributed by atoms with van der Waals surface area (Å²) in [5.74, 6) is 0.0976. The fraction of sp³-hybridized carbons (Fsp3) is 0.364. The third-order valence-corrected chi connectivity index (χ3v) is 5.22. The number of halogens is 2. The number of carbonyl (C=O) groups is 1. The zero-order chi connectivity index (χ0) is 18.8. The van der Waals surface area contributed by atoms with Crippen molar-refractivity contribution < 1.29 is 4.79 Å². The first kappa shape index (κ1) is 23.2. The normalized spacial score (nSPS) is 18.6. The number of amides is 1. The van der Waals surface area contributed by atoms with Crippen LogP contribution in [0.15, 0.2) is 53.5 Å². The van der Waals surface area contributed by atoms with Gasteiger partial charge >= 0.3 is 0 Å². The van der Waals surface area contributed by atoms with Gasteiger partial charge in [0.2, 0.25) is 5.91 Å². The van der Waals surface area contributed by atoms with E-state index < -0.39 is 6.04 Å². The molecule has 2 aromatic carbocycles. The minimum absolute atomic E-state index is 0. The molecule has 29 heavy (non-hydrogen) atoms. The second kappa shape index (κ2) is 10.1. The van der Waals surface area contributed by atoms with Crippen LogP contribution >= 0.6 is 24.8 Å². The Morgan fingerprint density at radius 2 is 1.69 bits per heavy atom. The van der Waals surface area contributed by atoms with E-state index in [2.05, 4.69) is 45.9 Å². The summed E-state index contributed by atoms with van der Waals surface area (Å²) >= 11 is 0. The van der Waals surface area contributed by atoms with Crippen molar-refractivity contribution in [1.29, 1.82) is 0 Å². The molecule has 0 bridgehead atoms. The van der Waals surface area contributed by atoms with Gasteiger partial charge in [-0.15, -0.1) is 24.8 Å². The maximum Gasteiger partial charge on any atom is 0.249 e. The Labute approximate surface area is 184 Å². The summed E-state index contributed by atoms with van der Waals surface area (Å²) in [6.07, 6.45) is 0. The van der Waals surface area contributed by atoms with E-state index in [1.165, 1.54) is 0 Å². The first-order valence-electron chi connectivity index (χ1n) is 9.68. The van der Waals surface area contributed by atoms with Gasteiger partial charge < -0.3 is 15.5 Å². The first-order valence-corrected chi connectivity index (χ1v) is 9.68. The number of benzene rings is 2. The third kappa shape index (κ3) is 4.74. The number of nitrogens with one attached hydrogen (secondary N) is 2. The summed E-state index contributed by atoms with van der Waals surface area (Å²) in [6, 6.07) is 16.0. The van der Waals surface area contributed by atoms with Crippen LogP contribution in [0.2, 0.25) is 0 Å². The molecule has 2 aliphatic rings. The van der Waals surface area contributed by atoms with E-state index in [0.29, 0.717) is 0 Å². The molecule has 2 heterocycles. The number of aliphatic imine (C=N–C) groups is 1. The van der Waals surface area contributed by atoms with E-state index in [-0.39, 0.29) is 36.6 Å². The van der Waals surface area contributed by atoms with Gasteiger partial charge in [0, 0.05) is 37.3 Å². The lowest BCUT2D eigenvalue weighted by Crippen LogP contribution is -2.44. The van der Waals surface area contributed by atoms with Crippen molar-refractivity contribution in [2.45, 2.75) is 19.9 Å². The largest absolute Gasteiger partial charge is 0.367 e. The molecule has 2 aromatic rings. The molecule has 1 amide bonds. The van der Waals surface area contributed by atoms with Gasteiger partial charge in [0.15, 0.2) is 0 Å². The molecule has 5 nitrogen and oxygen atoms in total. The molecule has 2 aliphatic heterocycles. The number of hydrogen-bond acceptors (Lipinski definition) is 4. The van der Waals surface area contributed by atoms with Gasteiger partial charge in [-0.25, -0.2) is 0 Å². The van der Waals surface area contributed by atoms with Crippen LogP contribution in [0.4, 0.5) is 11.4 Å². The molecule has 0 aliphatic carbocycles. The SMILES string of the molecule is CC(C)[C@H]1N=C(c2ccccc2)c2cccc(N3CCNCC3)c2NC1=O.Cl.Cl. The third-order valence-electron chi connectivity index (χ3n) is 5.22. The van der Waals surface area contributed by atoms with Crippen LogP contribution in [0.3, 0.4) is 0 Å². The molecule has 0 aromatic heterocycles. The lowest BCUT2D eigenvalue weighted by molar-refractivity contribution is -0.118. The van der Waals surface area contributed by atoms with E-state index in [9.17, 15) is 4.79 Å². The Bertz CT molecular complexity index is 864. The molecule has 4 rings (SSSR count). The first-order chi connectivity index (χ1) is 13.1. The van der Waals surface area contributed by atoms with Crippen LogP contribution in [0.25, 0.3) is 0 Å². The number of para-hydroxylation sites is 1. The van der Waals surface area contributed by atoms with Gasteiger partial charge in [0.1, 0.15) is 6.04 Å². The van der Waals surface area contributed by atoms with Crippen molar-refractivity contribution >= 4 is 47.8 Å². The van der Waals surface area contributed by atoms with Crippen LogP contribution in [-0.2, 0) is 4.79 Å². The molecule has 2 N–H and O–H groups in total. The summed E-state index contributed by atoms with van der Waals surface area (Å²) < 4.78 is 0. The van der Waals surface area contributed by atoms with Crippen molar-refractivity contribution in [3.8, 4) is 0 Å². The van der Waals surface area contributed by atoms with Gasteiger partial charge in [0.25, 0.3) is 0 Å². The van der Waals surface area contributed by atoms with Gasteiger partial charge in [-0.1, -0.05) is 56.3 Å². The molecule has 7 heteroatoms. The standard InChI is InChI=1S/C22H26N4O.2ClH/c1-15(2)19-22(27)25-21-17(20(24-19)16-7-4-3-5-8-16)9-6-10-18(21)26-13-11-23-12-14-26;;/h3-10,15,19,23H,11-14H2,1-2H3,(H,25,27);2*1H/t19-;;/m1../s1. The average molecular weight is 435 g/mol. The van der Waals surface area contributed by atoms with Gasteiger partial charge in [-0.3, -0.25) is 9.79 Å². The van der Waals surface area contributed by atoms with Gasteiger partial charge in [-0.2, -0.15) is 0 Å². The fourth-order valence-corrected chi connectivity index (χ4v) is 3.78. The predicted molar refractivity (Wildman–Crippen MR) is 125 cm³/mol. The van der Waals surface area contributed by atoms with Gasteiger partial charge in [0.05, 0.1) is 17.1 Å². The van der Waals surface area contributed by atoms with Crippen molar-refractivity contribution in [3.05, 3.63) is 59.7 Å². The number of nitrogens with zero attached hydrogens (tertiary/aromatic N) is 2. The van der Waals surface area contributed by atoms with Crippen LogP contribution in [0, 0.1) is 5.92 Å². The Morgan fingerprint density at radius 1 is 1.00 bits per heavy atom. The number of anilines is 2. The lowest BCUT2D eigenvalue weighted by Gasteiger charge is -2.31. The van der Waals surface area contributed by atoms with Crippen LogP contribution in [-0.4, -0.2) is 43.8 Å². The molecular formula is C22H28Cl2N4O. The summed E-state index contributed by atoms with van der Waals surface area (Å²) in [7, 11) is 0. The maximum atomic E-state index is 13.0. The number of carbonyl (C=O) groups excluding carboxylic acids is 1. The lowest BCUT2D eigenvalue weighted by atomic mass is 9.99. The van der Waals surface area contributed by atoms with E-state index in [1.54, 1.807) is 0 Å². The molecular weight excluding hydrogens is 407 g/mol. The summed E-state index contributed by atoms with van der Waals surface area (Å²) in [5, 5.41) is 6.59. The van der Waals surface area contributed by atoms with E-state index in [1.807, 2.05) is 32.0 Å². The average Bonchev–Trinajstić information content (AvgIpc) is 2.85. The number of piperazine rings is 1. The van der Waals surface area contributed by atoms with Gasteiger partial charge in [-0.05, 0) is 12.0 Å². The smallest absolute Gasteiger partial charge is 0.249 e. The second-order valence-corrected chi connectivity index (χ2v) is 7.46. The van der Waals surface area contributed by atoms with E-state index in [0.717, 1.165) is 54.4 Å². The highest BCUT2D eigenvalue weighted by Gasteiger charge is 2.30. The second-order valence-electron chi connectivity index (χ2n) is 7.46. The van der Waals surface area contributed by atoms with Crippen molar-refractivity contribution in [1.82, 2.24) is 5.32 Å². The highest BCUT2D eigenvalue weighted by atomic mass is 35.5. The Balaban J connectivity index is 0.00000150.